The smallest absolute Gasteiger partial charge is 0.278 e. The maximum absolute atomic E-state index is 11.0. The second kappa shape index (κ2) is 6.51. The van der Waals surface area contributed by atoms with Gasteiger partial charge in [-0.25, -0.2) is 0 Å². The molecule has 2 aromatic carbocycles. The quantitative estimate of drug-likeness (QED) is 0.518. The molecule has 2 rings (SSSR count). The topological polar surface area (TPSA) is 76.8 Å². The number of ether oxygens (including phenoxy) is 1. The van der Waals surface area contributed by atoms with E-state index in [1.54, 1.807) is 38.3 Å². The van der Waals surface area contributed by atoms with Crippen molar-refractivity contribution in [2.75, 3.05) is 12.5 Å². The molecule has 6 heteroatoms. The lowest BCUT2D eigenvalue weighted by Gasteiger charge is -2.06. The van der Waals surface area contributed by atoms with Crippen LogP contribution in [0.15, 0.2) is 53.6 Å². The molecule has 21 heavy (non-hydrogen) atoms. The second-order valence-corrected chi connectivity index (χ2v) is 4.32. The number of rotatable bonds is 5. The Morgan fingerprint density at radius 3 is 2.71 bits per heavy atom. The summed E-state index contributed by atoms with van der Waals surface area (Å²) in [6.07, 6.45) is 0. The van der Waals surface area contributed by atoms with Crippen molar-refractivity contribution in [3.63, 3.8) is 0 Å². The SMILES string of the molecule is COc1cccc(NN=C(C)c2ccccc2[N+](=O)[O-])c1. The average molecular weight is 285 g/mol. The number of nitro groups is 1. The summed E-state index contributed by atoms with van der Waals surface area (Å²) in [5.41, 5.74) is 4.66. The van der Waals surface area contributed by atoms with Crippen LogP contribution in [-0.4, -0.2) is 17.7 Å². The highest BCUT2D eigenvalue weighted by Gasteiger charge is 2.14. The van der Waals surface area contributed by atoms with Crippen molar-refractivity contribution in [3.05, 3.63) is 64.2 Å². The largest absolute Gasteiger partial charge is 0.497 e. The molecule has 0 unspecified atom stereocenters. The Morgan fingerprint density at radius 2 is 2.00 bits per heavy atom. The maximum Gasteiger partial charge on any atom is 0.278 e. The number of hydrogen-bond donors (Lipinski definition) is 1. The van der Waals surface area contributed by atoms with Crippen LogP contribution in [-0.2, 0) is 0 Å². The highest BCUT2D eigenvalue weighted by Crippen LogP contribution is 2.20. The molecule has 0 spiro atoms. The van der Waals surface area contributed by atoms with Gasteiger partial charge in [0.1, 0.15) is 5.75 Å². The van der Waals surface area contributed by atoms with Crippen LogP contribution in [0.4, 0.5) is 11.4 Å². The van der Waals surface area contributed by atoms with Gasteiger partial charge in [-0.3, -0.25) is 15.5 Å². The van der Waals surface area contributed by atoms with Crippen molar-refractivity contribution < 1.29 is 9.66 Å². The minimum atomic E-state index is -0.417. The number of hydrogen-bond acceptors (Lipinski definition) is 5. The minimum absolute atomic E-state index is 0.0335. The van der Waals surface area contributed by atoms with Gasteiger partial charge in [0.2, 0.25) is 0 Å². The lowest BCUT2D eigenvalue weighted by atomic mass is 10.1. The van der Waals surface area contributed by atoms with Gasteiger partial charge in [-0.1, -0.05) is 18.2 Å². The molecule has 0 heterocycles. The van der Waals surface area contributed by atoms with E-state index in [4.69, 9.17) is 4.74 Å². The fourth-order valence-electron chi connectivity index (χ4n) is 1.84. The van der Waals surface area contributed by atoms with E-state index in [1.165, 1.54) is 6.07 Å². The number of nitrogens with zero attached hydrogens (tertiary/aromatic N) is 2. The van der Waals surface area contributed by atoms with E-state index < -0.39 is 4.92 Å². The van der Waals surface area contributed by atoms with Crippen molar-refractivity contribution >= 4 is 17.1 Å². The van der Waals surface area contributed by atoms with Gasteiger partial charge in [0, 0.05) is 12.1 Å². The summed E-state index contributed by atoms with van der Waals surface area (Å²) < 4.78 is 5.12. The van der Waals surface area contributed by atoms with Crippen LogP contribution in [0, 0.1) is 10.1 Å². The van der Waals surface area contributed by atoms with Crippen LogP contribution < -0.4 is 10.2 Å². The molecule has 1 N–H and O–H groups in total. The molecule has 0 aliphatic heterocycles. The molecule has 0 saturated heterocycles. The van der Waals surface area contributed by atoms with Gasteiger partial charge >= 0.3 is 0 Å². The van der Waals surface area contributed by atoms with Gasteiger partial charge in [0.15, 0.2) is 0 Å². The molecule has 2 aromatic rings. The zero-order chi connectivity index (χ0) is 15.2. The molecule has 0 saturated carbocycles. The van der Waals surface area contributed by atoms with E-state index in [0.29, 0.717) is 17.0 Å². The summed E-state index contributed by atoms with van der Waals surface area (Å²) in [6, 6.07) is 13.8. The molecule has 0 radical (unpaired) electrons. The van der Waals surface area contributed by atoms with Gasteiger partial charge in [0.05, 0.1) is 29.0 Å². The number of methoxy groups -OCH3 is 1. The number of benzene rings is 2. The molecule has 108 valence electrons. The molecule has 0 aromatic heterocycles. The van der Waals surface area contributed by atoms with Crippen molar-refractivity contribution in [1.82, 2.24) is 0 Å². The van der Waals surface area contributed by atoms with Crippen LogP contribution >= 0.6 is 0 Å². The fraction of sp³-hybridized carbons (Fsp3) is 0.133. The highest BCUT2D eigenvalue weighted by atomic mass is 16.6. The Morgan fingerprint density at radius 1 is 1.24 bits per heavy atom. The molecule has 0 aliphatic carbocycles. The first-order chi connectivity index (χ1) is 10.1. The third-order valence-corrected chi connectivity index (χ3v) is 2.91. The molecule has 6 nitrogen and oxygen atoms in total. The Balaban J connectivity index is 2.23. The van der Waals surface area contributed by atoms with E-state index in [-0.39, 0.29) is 5.69 Å². The van der Waals surface area contributed by atoms with E-state index in [1.807, 2.05) is 18.2 Å². The maximum atomic E-state index is 11.0. The number of anilines is 1. The second-order valence-electron chi connectivity index (χ2n) is 4.32. The summed E-state index contributed by atoms with van der Waals surface area (Å²) in [4.78, 5) is 10.6. The Hall–Kier alpha value is -2.89. The van der Waals surface area contributed by atoms with Crippen molar-refractivity contribution in [1.29, 1.82) is 0 Å². The predicted octanol–water partition coefficient (Wildman–Crippen LogP) is 3.44. The van der Waals surface area contributed by atoms with E-state index in [9.17, 15) is 10.1 Å². The summed E-state index contributed by atoms with van der Waals surface area (Å²) in [6.45, 7) is 1.72. The first-order valence-electron chi connectivity index (χ1n) is 6.30. The van der Waals surface area contributed by atoms with Gasteiger partial charge in [-0.15, -0.1) is 0 Å². The molecular formula is C15H15N3O3. The van der Waals surface area contributed by atoms with Crippen LogP contribution in [0.25, 0.3) is 0 Å². The predicted molar refractivity (Wildman–Crippen MR) is 81.9 cm³/mol. The summed E-state index contributed by atoms with van der Waals surface area (Å²) >= 11 is 0. The van der Waals surface area contributed by atoms with Gasteiger partial charge in [-0.2, -0.15) is 5.10 Å². The summed E-state index contributed by atoms with van der Waals surface area (Å²) in [5, 5.41) is 15.2. The number of nitrogens with one attached hydrogen (secondary N) is 1. The molecule has 0 aliphatic rings. The number of para-hydroxylation sites is 1. The standard InChI is InChI=1S/C15H15N3O3/c1-11(14-8-3-4-9-15(14)18(19)20)16-17-12-6-5-7-13(10-12)21-2/h3-10,17H,1-2H3. The van der Waals surface area contributed by atoms with Crippen LogP contribution in [0.3, 0.4) is 0 Å². The first-order valence-corrected chi connectivity index (χ1v) is 6.30. The third-order valence-electron chi connectivity index (χ3n) is 2.91. The first kappa shape index (κ1) is 14.5. The zero-order valence-corrected chi connectivity index (χ0v) is 11.7. The molecule has 0 bridgehead atoms. The van der Waals surface area contributed by atoms with Crippen LogP contribution in [0.5, 0.6) is 5.75 Å². The minimum Gasteiger partial charge on any atom is -0.497 e. The number of hydrazone groups is 1. The normalized spacial score (nSPS) is 11.0. The van der Waals surface area contributed by atoms with Crippen molar-refractivity contribution in [2.24, 2.45) is 5.10 Å². The van der Waals surface area contributed by atoms with E-state index >= 15 is 0 Å². The fourth-order valence-corrected chi connectivity index (χ4v) is 1.84. The molecule has 0 fully saturated rings. The van der Waals surface area contributed by atoms with Crippen molar-refractivity contribution in [2.45, 2.75) is 6.92 Å². The lowest BCUT2D eigenvalue weighted by Crippen LogP contribution is -2.03. The Labute approximate surface area is 122 Å². The zero-order valence-electron chi connectivity index (χ0n) is 11.7. The van der Waals surface area contributed by atoms with Crippen molar-refractivity contribution in [3.8, 4) is 5.75 Å². The van der Waals surface area contributed by atoms with E-state index in [0.717, 1.165) is 5.69 Å². The summed E-state index contributed by atoms with van der Waals surface area (Å²) in [5.74, 6) is 0.707. The summed E-state index contributed by atoms with van der Waals surface area (Å²) in [7, 11) is 1.58. The third kappa shape index (κ3) is 3.56. The van der Waals surface area contributed by atoms with Crippen LogP contribution in [0.1, 0.15) is 12.5 Å². The van der Waals surface area contributed by atoms with Gasteiger partial charge < -0.3 is 4.74 Å². The molecule has 0 amide bonds. The molecular weight excluding hydrogens is 270 g/mol. The average Bonchev–Trinajstić information content (AvgIpc) is 2.52. The van der Waals surface area contributed by atoms with E-state index in [2.05, 4.69) is 10.5 Å². The molecule has 0 atom stereocenters. The monoisotopic (exact) mass is 285 g/mol. The Kier molecular flexibility index (Phi) is 4.50. The Bertz CT molecular complexity index is 683. The van der Waals surface area contributed by atoms with Crippen LogP contribution in [0.2, 0.25) is 0 Å². The van der Waals surface area contributed by atoms with Gasteiger partial charge in [-0.05, 0) is 25.1 Å². The number of nitro benzene ring substituents is 1. The van der Waals surface area contributed by atoms with Gasteiger partial charge in [0.25, 0.3) is 5.69 Å². The lowest BCUT2D eigenvalue weighted by molar-refractivity contribution is -0.385. The highest BCUT2D eigenvalue weighted by molar-refractivity contribution is 6.02.